The van der Waals surface area contributed by atoms with Crippen molar-refractivity contribution >= 4 is 11.8 Å². The van der Waals surface area contributed by atoms with Crippen LogP contribution in [0.2, 0.25) is 0 Å². The van der Waals surface area contributed by atoms with Gasteiger partial charge in [-0.3, -0.25) is 14.3 Å². The summed E-state index contributed by atoms with van der Waals surface area (Å²) >= 11 is 0. The fourth-order valence-corrected chi connectivity index (χ4v) is 4.81. The van der Waals surface area contributed by atoms with Gasteiger partial charge in [-0.2, -0.15) is 5.10 Å². The van der Waals surface area contributed by atoms with Gasteiger partial charge in [0.05, 0.1) is 11.8 Å². The molecule has 1 aromatic heterocycles. The smallest absolute Gasteiger partial charge is 0.257 e. The third-order valence-corrected chi connectivity index (χ3v) is 6.17. The van der Waals surface area contributed by atoms with E-state index in [4.69, 9.17) is 0 Å². The quantitative estimate of drug-likeness (QED) is 0.910. The van der Waals surface area contributed by atoms with Crippen LogP contribution in [0, 0.1) is 11.8 Å². The maximum absolute atomic E-state index is 12.7. The summed E-state index contributed by atoms with van der Waals surface area (Å²) in [4.78, 5) is 26.8. The molecule has 6 nitrogen and oxygen atoms in total. The summed E-state index contributed by atoms with van der Waals surface area (Å²) in [5.74, 6) is 1.44. The Kier molecular flexibility index (Phi) is 4.77. The summed E-state index contributed by atoms with van der Waals surface area (Å²) in [5, 5.41) is 7.31. The minimum atomic E-state index is -0.00953. The van der Waals surface area contributed by atoms with Crippen LogP contribution in [-0.4, -0.2) is 45.6 Å². The first kappa shape index (κ1) is 16.6. The van der Waals surface area contributed by atoms with Crippen molar-refractivity contribution < 1.29 is 9.59 Å². The molecule has 2 atom stereocenters. The van der Waals surface area contributed by atoms with Crippen LogP contribution in [0.15, 0.2) is 12.4 Å². The highest BCUT2D eigenvalue weighted by molar-refractivity contribution is 5.94. The largest absolute Gasteiger partial charge is 0.352 e. The summed E-state index contributed by atoms with van der Waals surface area (Å²) < 4.78 is 1.59. The minimum Gasteiger partial charge on any atom is -0.352 e. The Morgan fingerprint density at radius 1 is 1.04 bits per heavy atom. The number of carbonyl (C=O) groups is 2. The molecular weight excluding hydrogens is 316 g/mol. The molecule has 1 aliphatic heterocycles. The fraction of sp³-hybridized carbons (Fsp3) is 0.737. The van der Waals surface area contributed by atoms with Crippen molar-refractivity contribution in [3.05, 3.63) is 18.0 Å². The number of fused-ring (bicyclic) bond motifs is 1. The summed E-state index contributed by atoms with van der Waals surface area (Å²) in [7, 11) is 0. The molecule has 0 spiro atoms. The molecule has 136 valence electrons. The number of aromatic nitrogens is 2. The molecule has 2 aliphatic carbocycles. The lowest BCUT2D eigenvalue weighted by Crippen LogP contribution is -2.38. The Balaban J connectivity index is 1.30. The van der Waals surface area contributed by atoms with Crippen molar-refractivity contribution in [2.24, 2.45) is 11.8 Å². The van der Waals surface area contributed by atoms with Crippen molar-refractivity contribution in [2.75, 3.05) is 13.1 Å². The Morgan fingerprint density at radius 3 is 2.48 bits per heavy atom. The zero-order chi connectivity index (χ0) is 17.2. The molecule has 1 N–H and O–H groups in total. The normalized spacial score (nSPS) is 26.6. The fourth-order valence-electron chi connectivity index (χ4n) is 4.81. The minimum absolute atomic E-state index is 0.00953. The van der Waals surface area contributed by atoms with E-state index < -0.39 is 0 Å². The standard InChI is InChI=1S/C19H28N4O2/c24-18(21-17-7-2-1-3-8-17)13-23-12-16(9-20-23)19(25)22-10-14-5-4-6-15(14)11-22/h9,12,14-15,17H,1-8,10-11,13H2,(H,21,24)/t14-,15-/m0/s1. The van der Waals surface area contributed by atoms with Crippen molar-refractivity contribution in [3.63, 3.8) is 0 Å². The van der Waals surface area contributed by atoms with Crippen LogP contribution in [-0.2, 0) is 11.3 Å². The van der Waals surface area contributed by atoms with Gasteiger partial charge >= 0.3 is 0 Å². The molecule has 3 aliphatic rings. The number of nitrogens with zero attached hydrogens (tertiary/aromatic N) is 3. The molecule has 0 bridgehead atoms. The molecule has 2 amide bonds. The van der Waals surface area contributed by atoms with Gasteiger partial charge in [-0.1, -0.05) is 25.7 Å². The van der Waals surface area contributed by atoms with Gasteiger partial charge in [-0.05, 0) is 37.5 Å². The second-order valence-electron chi connectivity index (χ2n) is 7.99. The highest BCUT2D eigenvalue weighted by Crippen LogP contribution is 2.38. The van der Waals surface area contributed by atoms with E-state index >= 15 is 0 Å². The predicted molar refractivity (Wildman–Crippen MR) is 94.0 cm³/mol. The number of hydrogen-bond acceptors (Lipinski definition) is 3. The second-order valence-corrected chi connectivity index (χ2v) is 7.99. The molecule has 25 heavy (non-hydrogen) atoms. The number of carbonyl (C=O) groups excluding carboxylic acids is 2. The molecule has 0 aromatic carbocycles. The Labute approximate surface area is 148 Å². The number of nitrogens with one attached hydrogen (secondary N) is 1. The molecule has 4 rings (SSSR count). The first-order valence-electron chi connectivity index (χ1n) is 9.80. The number of likely N-dealkylation sites (tertiary alicyclic amines) is 1. The monoisotopic (exact) mass is 344 g/mol. The van der Waals surface area contributed by atoms with Crippen molar-refractivity contribution in [2.45, 2.75) is 64.0 Å². The third-order valence-electron chi connectivity index (χ3n) is 6.17. The van der Waals surface area contributed by atoms with Crippen LogP contribution in [0.3, 0.4) is 0 Å². The lowest BCUT2D eigenvalue weighted by molar-refractivity contribution is -0.122. The molecule has 2 saturated carbocycles. The van der Waals surface area contributed by atoms with Crippen molar-refractivity contribution in [3.8, 4) is 0 Å². The van der Waals surface area contributed by atoms with E-state index in [-0.39, 0.29) is 18.4 Å². The van der Waals surface area contributed by atoms with E-state index in [1.165, 1.54) is 38.5 Å². The van der Waals surface area contributed by atoms with E-state index in [1.54, 1.807) is 17.1 Å². The molecule has 2 heterocycles. The van der Waals surface area contributed by atoms with Crippen LogP contribution in [0.5, 0.6) is 0 Å². The second kappa shape index (κ2) is 7.18. The number of amides is 2. The van der Waals surface area contributed by atoms with Gasteiger partial charge in [0.2, 0.25) is 5.91 Å². The average molecular weight is 344 g/mol. The van der Waals surface area contributed by atoms with Gasteiger partial charge in [0, 0.05) is 25.3 Å². The Hall–Kier alpha value is -1.85. The topological polar surface area (TPSA) is 67.2 Å². The van der Waals surface area contributed by atoms with E-state index in [0.29, 0.717) is 23.4 Å². The van der Waals surface area contributed by atoms with Gasteiger partial charge < -0.3 is 10.2 Å². The van der Waals surface area contributed by atoms with Crippen LogP contribution in [0.1, 0.15) is 61.7 Å². The Bertz CT molecular complexity index is 623. The van der Waals surface area contributed by atoms with E-state index in [2.05, 4.69) is 10.4 Å². The molecule has 6 heteroatoms. The summed E-state index contributed by atoms with van der Waals surface area (Å²) in [6.45, 7) is 1.96. The third kappa shape index (κ3) is 3.72. The SMILES string of the molecule is O=C(Cn1cc(C(=O)N2C[C@@H]3CCC[C@H]3C2)cn1)NC1CCCCC1. The maximum atomic E-state index is 12.7. The van der Waals surface area contributed by atoms with Crippen LogP contribution >= 0.6 is 0 Å². The highest BCUT2D eigenvalue weighted by Gasteiger charge is 2.38. The van der Waals surface area contributed by atoms with E-state index in [9.17, 15) is 9.59 Å². The van der Waals surface area contributed by atoms with Gasteiger partial charge in [-0.15, -0.1) is 0 Å². The summed E-state index contributed by atoms with van der Waals surface area (Å²) in [5.41, 5.74) is 0.602. The molecule has 0 unspecified atom stereocenters. The molecule has 1 aromatic rings. The molecule has 3 fully saturated rings. The zero-order valence-electron chi connectivity index (χ0n) is 14.8. The Morgan fingerprint density at radius 2 is 1.76 bits per heavy atom. The van der Waals surface area contributed by atoms with Crippen molar-refractivity contribution in [1.29, 1.82) is 0 Å². The summed E-state index contributed by atoms with van der Waals surface area (Å²) in [6, 6.07) is 0.307. The predicted octanol–water partition coefficient (Wildman–Crippen LogP) is 2.20. The summed E-state index contributed by atoms with van der Waals surface area (Å²) in [6.07, 6.45) is 13.0. The van der Waals surface area contributed by atoms with Gasteiger partial charge in [0.15, 0.2) is 0 Å². The highest BCUT2D eigenvalue weighted by atomic mass is 16.2. The van der Waals surface area contributed by atoms with Crippen LogP contribution in [0.4, 0.5) is 0 Å². The number of hydrogen-bond donors (Lipinski definition) is 1. The van der Waals surface area contributed by atoms with E-state index in [1.807, 2.05) is 4.90 Å². The molecule has 1 saturated heterocycles. The first-order chi connectivity index (χ1) is 12.2. The maximum Gasteiger partial charge on any atom is 0.257 e. The van der Waals surface area contributed by atoms with Crippen LogP contribution < -0.4 is 5.32 Å². The lowest BCUT2D eigenvalue weighted by atomic mass is 9.95. The number of rotatable bonds is 4. The van der Waals surface area contributed by atoms with Gasteiger partial charge in [-0.25, -0.2) is 0 Å². The first-order valence-corrected chi connectivity index (χ1v) is 9.80. The zero-order valence-corrected chi connectivity index (χ0v) is 14.8. The van der Waals surface area contributed by atoms with Gasteiger partial charge in [0.1, 0.15) is 6.54 Å². The van der Waals surface area contributed by atoms with Gasteiger partial charge in [0.25, 0.3) is 5.91 Å². The molecule has 0 radical (unpaired) electrons. The average Bonchev–Trinajstić information content (AvgIpc) is 3.30. The van der Waals surface area contributed by atoms with Crippen molar-refractivity contribution in [1.82, 2.24) is 20.0 Å². The molecular formula is C19H28N4O2. The lowest BCUT2D eigenvalue weighted by Gasteiger charge is -2.22. The van der Waals surface area contributed by atoms with Crippen LogP contribution in [0.25, 0.3) is 0 Å². The van der Waals surface area contributed by atoms with E-state index in [0.717, 1.165) is 25.9 Å².